The van der Waals surface area contributed by atoms with Crippen LogP contribution in [0.1, 0.15) is 6.42 Å². The van der Waals surface area contributed by atoms with Gasteiger partial charge in [-0.2, -0.15) is 0 Å². The van der Waals surface area contributed by atoms with Crippen molar-refractivity contribution in [1.82, 2.24) is 15.5 Å². The fourth-order valence-corrected chi connectivity index (χ4v) is 1.79. The third kappa shape index (κ3) is 2.93. The van der Waals surface area contributed by atoms with Crippen molar-refractivity contribution in [2.24, 2.45) is 5.92 Å². The van der Waals surface area contributed by atoms with E-state index in [1.807, 2.05) is 0 Å². The Hall–Kier alpha value is -0.580. The maximum Gasteiger partial charge on any atom is 0.193 e. The number of halogens is 2. The lowest BCUT2D eigenvalue weighted by atomic mass is 10.1. The Bertz CT molecular complexity index is 342. The first-order valence-corrected chi connectivity index (χ1v) is 5.53. The van der Waals surface area contributed by atoms with Crippen LogP contribution in [0.25, 0.3) is 0 Å². The van der Waals surface area contributed by atoms with Gasteiger partial charge in [-0.15, -0.1) is 10.2 Å². The van der Waals surface area contributed by atoms with Gasteiger partial charge in [0.1, 0.15) is 0 Å². The highest BCUT2D eigenvalue weighted by molar-refractivity contribution is 6.32. The van der Waals surface area contributed by atoms with Crippen LogP contribution in [0, 0.1) is 5.92 Å². The Morgan fingerprint density at radius 3 is 3.07 bits per heavy atom. The van der Waals surface area contributed by atoms with Crippen LogP contribution < -0.4 is 10.1 Å². The van der Waals surface area contributed by atoms with Gasteiger partial charge < -0.3 is 10.1 Å². The summed E-state index contributed by atoms with van der Waals surface area (Å²) in [5.41, 5.74) is 0. The van der Waals surface area contributed by atoms with E-state index in [0.717, 1.165) is 19.5 Å². The Morgan fingerprint density at radius 1 is 1.47 bits per heavy atom. The summed E-state index contributed by atoms with van der Waals surface area (Å²) in [6.07, 6.45) is 1.13. The number of hydrogen-bond acceptors (Lipinski definition) is 4. The standard InChI is InChI=1S/C9H11Cl2N3O/c10-8-3-7(9(11)14-13-8)15-5-6-1-2-12-4-6/h3,6,12H,1-2,4-5H2. The first-order valence-electron chi connectivity index (χ1n) is 4.78. The summed E-state index contributed by atoms with van der Waals surface area (Å²) in [6.45, 7) is 2.68. The number of nitrogens with zero attached hydrogens (tertiary/aromatic N) is 2. The van der Waals surface area contributed by atoms with Crippen molar-refractivity contribution in [3.8, 4) is 5.75 Å². The lowest BCUT2D eigenvalue weighted by Gasteiger charge is -2.11. The van der Waals surface area contributed by atoms with Crippen LogP contribution in [0.2, 0.25) is 10.3 Å². The summed E-state index contributed by atoms with van der Waals surface area (Å²) in [6, 6.07) is 1.58. The fourth-order valence-electron chi connectivity index (χ4n) is 1.50. The molecule has 0 saturated carbocycles. The van der Waals surface area contributed by atoms with Gasteiger partial charge in [0.25, 0.3) is 0 Å². The molecule has 1 fully saturated rings. The summed E-state index contributed by atoms with van der Waals surface area (Å²) in [5, 5.41) is 11.1. The lowest BCUT2D eigenvalue weighted by Crippen LogP contribution is -2.15. The second kappa shape index (κ2) is 4.96. The molecule has 2 rings (SSSR count). The summed E-state index contributed by atoms with van der Waals surface area (Å²) >= 11 is 11.5. The van der Waals surface area contributed by atoms with Gasteiger partial charge in [-0.25, -0.2) is 0 Å². The van der Waals surface area contributed by atoms with Crippen molar-refractivity contribution in [3.63, 3.8) is 0 Å². The van der Waals surface area contributed by atoms with Gasteiger partial charge in [-0.05, 0) is 13.0 Å². The van der Waals surface area contributed by atoms with Crippen LogP contribution in [0.5, 0.6) is 5.75 Å². The smallest absolute Gasteiger partial charge is 0.193 e. The average molecular weight is 248 g/mol. The van der Waals surface area contributed by atoms with Gasteiger partial charge >= 0.3 is 0 Å². The predicted octanol–water partition coefficient (Wildman–Crippen LogP) is 1.77. The zero-order chi connectivity index (χ0) is 10.7. The molecule has 1 atom stereocenters. The van der Waals surface area contributed by atoms with Crippen LogP contribution in [-0.4, -0.2) is 29.9 Å². The highest BCUT2D eigenvalue weighted by Gasteiger charge is 2.16. The van der Waals surface area contributed by atoms with Crippen LogP contribution in [-0.2, 0) is 0 Å². The summed E-state index contributed by atoms with van der Waals surface area (Å²) in [4.78, 5) is 0. The Balaban J connectivity index is 1.94. The Labute approximate surface area is 97.9 Å². The molecule has 1 aromatic rings. The molecule has 0 amide bonds. The van der Waals surface area contributed by atoms with Crippen molar-refractivity contribution in [1.29, 1.82) is 0 Å². The SMILES string of the molecule is Clc1cc(OCC2CCNC2)c(Cl)nn1. The zero-order valence-electron chi connectivity index (χ0n) is 8.04. The van der Waals surface area contributed by atoms with E-state index >= 15 is 0 Å². The molecule has 6 heteroatoms. The van der Waals surface area contributed by atoms with Gasteiger partial charge in [0.2, 0.25) is 0 Å². The molecule has 0 radical (unpaired) electrons. The largest absolute Gasteiger partial charge is 0.490 e. The minimum absolute atomic E-state index is 0.255. The van der Waals surface area contributed by atoms with E-state index in [4.69, 9.17) is 27.9 Å². The molecule has 0 aromatic carbocycles. The quantitative estimate of drug-likeness (QED) is 0.885. The molecule has 1 saturated heterocycles. The molecule has 1 aliphatic rings. The molecule has 0 aliphatic carbocycles. The maximum absolute atomic E-state index is 5.81. The summed E-state index contributed by atoms with van der Waals surface area (Å²) in [5.74, 6) is 1.04. The first-order chi connectivity index (χ1) is 7.25. The van der Waals surface area contributed by atoms with E-state index in [9.17, 15) is 0 Å². The van der Waals surface area contributed by atoms with E-state index in [1.54, 1.807) is 6.07 Å². The van der Waals surface area contributed by atoms with Crippen LogP contribution in [0.4, 0.5) is 0 Å². The van der Waals surface area contributed by atoms with Gasteiger partial charge in [-0.3, -0.25) is 0 Å². The number of ether oxygens (including phenoxy) is 1. The first kappa shape index (κ1) is 10.9. The number of rotatable bonds is 3. The monoisotopic (exact) mass is 247 g/mol. The van der Waals surface area contributed by atoms with E-state index in [2.05, 4.69) is 15.5 Å². The van der Waals surface area contributed by atoms with Gasteiger partial charge in [0, 0.05) is 18.5 Å². The van der Waals surface area contributed by atoms with Gasteiger partial charge in [0.05, 0.1) is 6.61 Å². The molecule has 4 nitrogen and oxygen atoms in total. The highest BCUT2D eigenvalue weighted by atomic mass is 35.5. The normalized spacial score (nSPS) is 20.5. The highest BCUT2D eigenvalue weighted by Crippen LogP contribution is 2.24. The van der Waals surface area contributed by atoms with Crippen molar-refractivity contribution >= 4 is 23.2 Å². The second-order valence-corrected chi connectivity index (χ2v) is 4.24. The molecule has 82 valence electrons. The minimum atomic E-state index is 0.255. The van der Waals surface area contributed by atoms with Crippen molar-refractivity contribution in [3.05, 3.63) is 16.4 Å². The van der Waals surface area contributed by atoms with Crippen LogP contribution in [0.3, 0.4) is 0 Å². The fraction of sp³-hybridized carbons (Fsp3) is 0.556. The summed E-state index contributed by atoms with van der Waals surface area (Å²) < 4.78 is 5.54. The third-order valence-electron chi connectivity index (χ3n) is 2.32. The van der Waals surface area contributed by atoms with E-state index in [-0.39, 0.29) is 5.15 Å². The topological polar surface area (TPSA) is 47.0 Å². The molecule has 15 heavy (non-hydrogen) atoms. The Kier molecular flexibility index (Phi) is 3.61. The average Bonchev–Trinajstić information content (AvgIpc) is 2.72. The number of hydrogen-bond donors (Lipinski definition) is 1. The van der Waals surface area contributed by atoms with Crippen LogP contribution >= 0.6 is 23.2 Å². The third-order valence-corrected chi connectivity index (χ3v) is 2.77. The molecule has 1 N–H and O–H groups in total. The van der Waals surface area contributed by atoms with E-state index in [0.29, 0.717) is 23.4 Å². The molecule has 1 aromatic heterocycles. The number of nitrogens with one attached hydrogen (secondary N) is 1. The Morgan fingerprint density at radius 2 is 2.33 bits per heavy atom. The summed E-state index contributed by atoms with van der Waals surface area (Å²) in [7, 11) is 0. The van der Waals surface area contributed by atoms with Crippen molar-refractivity contribution in [2.45, 2.75) is 6.42 Å². The molecular weight excluding hydrogens is 237 g/mol. The molecule has 0 bridgehead atoms. The lowest BCUT2D eigenvalue weighted by molar-refractivity contribution is 0.259. The van der Waals surface area contributed by atoms with E-state index in [1.165, 1.54) is 0 Å². The maximum atomic E-state index is 5.81. The molecular formula is C9H11Cl2N3O. The minimum Gasteiger partial charge on any atom is -0.490 e. The van der Waals surface area contributed by atoms with Gasteiger partial charge in [-0.1, -0.05) is 23.2 Å². The van der Waals surface area contributed by atoms with E-state index < -0.39 is 0 Å². The van der Waals surface area contributed by atoms with Crippen LogP contribution in [0.15, 0.2) is 6.07 Å². The molecule has 0 spiro atoms. The molecule has 1 unspecified atom stereocenters. The number of aromatic nitrogens is 2. The predicted molar refractivity (Wildman–Crippen MR) is 58.5 cm³/mol. The molecule has 2 heterocycles. The second-order valence-electron chi connectivity index (χ2n) is 3.49. The van der Waals surface area contributed by atoms with Gasteiger partial charge in [0.15, 0.2) is 16.1 Å². The zero-order valence-corrected chi connectivity index (χ0v) is 9.55. The van der Waals surface area contributed by atoms with Crippen molar-refractivity contribution < 1.29 is 4.74 Å². The van der Waals surface area contributed by atoms with Crippen molar-refractivity contribution in [2.75, 3.05) is 19.7 Å². The molecule has 1 aliphatic heterocycles.